The number of amides is 1. The van der Waals surface area contributed by atoms with E-state index in [9.17, 15) is 4.79 Å². The first kappa shape index (κ1) is 17.5. The number of nitrogens with one attached hydrogen (secondary N) is 2. The molecule has 23 heavy (non-hydrogen) atoms. The minimum atomic E-state index is 0.00356. The zero-order chi connectivity index (χ0) is 16.9. The van der Waals surface area contributed by atoms with Crippen LogP contribution in [0.4, 0.5) is 11.4 Å². The Balaban J connectivity index is 1.89. The molecule has 2 rings (SSSR count). The number of halogens is 1. The lowest BCUT2D eigenvalue weighted by molar-refractivity contribution is -0.115. The Hall–Kier alpha value is -1.81. The third-order valence-electron chi connectivity index (χ3n) is 3.51. The molecule has 122 valence electrons. The van der Waals surface area contributed by atoms with Crippen molar-refractivity contribution in [1.29, 1.82) is 0 Å². The van der Waals surface area contributed by atoms with Crippen molar-refractivity contribution in [2.24, 2.45) is 0 Å². The number of carbonyl (C=O) groups excluding carboxylic acids is 1. The van der Waals surface area contributed by atoms with Gasteiger partial charge in [-0.25, -0.2) is 0 Å². The number of benzene rings is 2. The van der Waals surface area contributed by atoms with Crippen LogP contribution >= 0.6 is 15.9 Å². The van der Waals surface area contributed by atoms with Crippen molar-refractivity contribution in [3.63, 3.8) is 0 Å². The lowest BCUT2D eigenvalue weighted by atomic mass is 9.86. The van der Waals surface area contributed by atoms with Crippen molar-refractivity contribution >= 4 is 33.2 Å². The van der Waals surface area contributed by atoms with E-state index in [4.69, 9.17) is 0 Å². The molecule has 0 fully saturated rings. The first-order valence-electron chi connectivity index (χ1n) is 7.75. The van der Waals surface area contributed by atoms with E-state index in [1.54, 1.807) is 0 Å². The van der Waals surface area contributed by atoms with Crippen LogP contribution in [-0.2, 0) is 10.2 Å². The highest BCUT2D eigenvalue weighted by molar-refractivity contribution is 9.10. The van der Waals surface area contributed by atoms with Crippen molar-refractivity contribution in [3.05, 3.63) is 58.6 Å². The first-order chi connectivity index (χ1) is 10.9. The molecule has 0 aliphatic rings. The molecule has 2 aromatic carbocycles. The molecule has 0 saturated heterocycles. The molecule has 4 heteroatoms. The van der Waals surface area contributed by atoms with Gasteiger partial charge >= 0.3 is 0 Å². The summed E-state index contributed by atoms with van der Waals surface area (Å²) in [4.78, 5) is 12.0. The summed E-state index contributed by atoms with van der Waals surface area (Å²) in [6.45, 7) is 7.17. The Morgan fingerprint density at radius 3 is 2.52 bits per heavy atom. The SMILES string of the molecule is CC(C)(C)c1ccccc1NCCC(=O)Nc1cccc(Br)c1. The molecule has 0 aromatic heterocycles. The van der Waals surface area contributed by atoms with Crippen molar-refractivity contribution in [1.82, 2.24) is 0 Å². The molecule has 1 amide bonds. The number of hydrogen-bond acceptors (Lipinski definition) is 2. The highest BCUT2D eigenvalue weighted by atomic mass is 79.9. The van der Waals surface area contributed by atoms with Gasteiger partial charge in [-0.3, -0.25) is 4.79 Å². The molecule has 0 heterocycles. The summed E-state index contributed by atoms with van der Waals surface area (Å²) >= 11 is 3.40. The van der Waals surface area contributed by atoms with E-state index in [0.717, 1.165) is 15.8 Å². The highest BCUT2D eigenvalue weighted by Gasteiger charge is 2.17. The van der Waals surface area contributed by atoms with Crippen LogP contribution in [0, 0.1) is 0 Å². The largest absolute Gasteiger partial charge is 0.384 e. The average Bonchev–Trinajstić information content (AvgIpc) is 2.46. The lowest BCUT2D eigenvalue weighted by Crippen LogP contribution is -2.19. The normalized spacial score (nSPS) is 11.1. The quantitative estimate of drug-likeness (QED) is 0.755. The second-order valence-corrected chi connectivity index (χ2v) is 7.45. The monoisotopic (exact) mass is 374 g/mol. The molecule has 0 atom stereocenters. The number of hydrogen-bond donors (Lipinski definition) is 2. The molecule has 0 spiro atoms. The summed E-state index contributed by atoms with van der Waals surface area (Å²) in [5, 5.41) is 6.28. The van der Waals surface area contributed by atoms with Gasteiger partial charge in [-0.1, -0.05) is 61.0 Å². The lowest BCUT2D eigenvalue weighted by Gasteiger charge is -2.23. The van der Waals surface area contributed by atoms with Gasteiger partial charge in [0, 0.05) is 28.8 Å². The van der Waals surface area contributed by atoms with Gasteiger partial charge < -0.3 is 10.6 Å². The summed E-state index contributed by atoms with van der Waals surface area (Å²) in [6.07, 6.45) is 0.422. The van der Waals surface area contributed by atoms with E-state index >= 15 is 0 Å². The van der Waals surface area contributed by atoms with Gasteiger partial charge in [0.05, 0.1) is 0 Å². The van der Waals surface area contributed by atoms with E-state index in [1.807, 2.05) is 36.4 Å². The summed E-state index contributed by atoms with van der Waals surface area (Å²) in [5.41, 5.74) is 3.23. The summed E-state index contributed by atoms with van der Waals surface area (Å²) in [6, 6.07) is 15.9. The predicted octanol–water partition coefficient (Wildman–Crippen LogP) is 5.19. The molecule has 0 saturated carbocycles. The minimum absolute atomic E-state index is 0.00356. The zero-order valence-corrected chi connectivity index (χ0v) is 15.4. The Bertz CT molecular complexity index is 677. The van der Waals surface area contributed by atoms with Crippen LogP contribution in [0.5, 0.6) is 0 Å². The second kappa shape index (κ2) is 7.64. The van der Waals surface area contributed by atoms with Crippen LogP contribution in [0.2, 0.25) is 0 Å². The Labute approximate surface area is 146 Å². The van der Waals surface area contributed by atoms with E-state index < -0.39 is 0 Å². The molecular formula is C19H23BrN2O. The maximum atomic E-state index is 12.0. The maximum absolute atomic E-state index is 12.0. The van der Waals surface area contributed by atoms with Crippen molar-refractivity contribution in [3.8, 4) is 0 Å². The van der Waals surface area contributed by atoms with Gasteiger partial charge in [0.15, 0.2) is 0 Å². The van der Waals surface area contributed by atoms with Crippen LogP contribution in [0.25, 0.3) is 0 Å². The van der Waals surface area contributed by atoms with Crippen LogP contribution in [0.15, 0.2) is 53.0 Å². The molecule has 0 radical (unpaired) electrons. The number of para-hydroxylation sites is 1. The second-order valence-electron chi connectivity index (χ2n) is 6.53. The van der Waals surface area contributed by atoms with Gasteiger partial charge in [-0.2, -0.15) is 0 Å². The van der Waals surface area contributed by atoms with Crippen molar-refractivity contribution in [2.75, 3.05) is 17.2 Å². The van der Waals surface area contributed by atoms with Crippen LogP contribution in [0.3, 0.4) is 0 Å². The van der Waals surface area contributed by atoms with Gasteiger partial charge in [0.25, 0.3) is 0 Å². The minimum Gasteiger partial charge on any atom is -0.384 e. The van der Waals surface area contributed by atoms with Crippen LogP contribution in [-0.4, -0.2) is 12.5 Å². The van der Waals surface area contributed by atoms with Crippen LogP contribution < -0.4 is 10.6 Å². The predicted molar refractivity (Wildman–Crippen MR) is 101 cm³/mol. The molecule has 2 N–H and O–H groups in total. The van der Waals surface area contributed by atoms with Crippen LogP contribution in [0.1, 0.15) is 32.8 Å². The fourth-order valence-corrected chi connectivity index (χ4v) is 2.79. The van der Waals surface area contributed by atoms with E-state index in [-0.39, 0.29) is 11.3 Å². The summed E-state index contributed by atoms with van der Waals surface area (Å²) in [5.74, 6) is 0.00356. The van der Waals surface area contributed by atoms with Gasteiger partial charge in [0.1, 0.15) is 0 Å². The molecular weight excluding hydrogens is 352 g/mol. The van der Waals surface area contributed by atoms with E-state index in [1.165, 1.54) is 5.56 Å². The third-order valence-corrected chi connectivity index (χ3v) is 4.00. The number of carbonyl (C=O) groups is 1. The summed E-state index contributed by atoms with van der Waals surface area (Å²) in [7, 11) is 0. The van der Waals surface area contributed by atoms with Crippen molar-refractivity contribution in [2.45, 2.75) is 32.6 Å². The molecule has 2 aromatic rings. The Morgan fingerprint density at radius 1 is 1.09 bits per heavy atom. The van der Waals surface area contributed by atoms with E-state index in [2.05, 4.69) is 59.5 Å². The first-order valence-corrected chi connectivity index (χ1v) is 8.54. The number of rotatable bonds is 5. The highest BCUT2D eigenvalue weighted by Crippen LogP contribution is 2.29. The zero-order valence-electron chi connectivity index (χ0n) is 13.8. The molecule has 0 aliphatic heterocycles. The molecule has 0 unspecified atom stereocenters. The molecule has 3 nitrogen and oxygen atoms in total. The molecule has 0 bridgehead atoms. The Kier molecular flexibility index (Phi) is 5.83. The fourth-order valence-electron chi connectivity index (χ4n) is 2.39. The number of anilines is 2. The fraction of sp³-hybridized carbons (Fsp3) is 0.316. The van der Waals surface area contributed by atoms with Crippen molar-refractivity contribution < 1.29 is 4.79 Å². The topological polar surface area (TPSA) is 41.1 Å². The van der Waals surface area contributed by atoms with Gasteiger partial charge in [-0.05, 0) is 35.2 Å². The van der Waals surface area contributed by atoms with E-state index in [0.29, 0.717) is 13.0 Å². The third kappa shape index (κ3) is 5.39. The van der Waals surface area contributed by atoms with Gasteiger partial charge in [-0.15, -0.1) is 0 Å². The molecule has 0 aliphatic carbocycles. The summed E-state index contributed by atoms with van der Waals surface area (Å²) < 4.78 is 0.951. The average molecular weight is 375 g/mol. The Morgan fingerprint density at radius 2 is 1.83 bits per heavy atom. The maximum Gasteiger partial charge on any atom is 0.226 e. The van der Waals surface area contributed by atoms with Gasteiger partial charge in [0.2, 0.25) is 5.91 Å². The smallest absolute Gasteiger partial charge is 0.226 e. The standard InChI is InChI=1S/C19H23BrN2O/c1-19(2,3)16-9-4-5-10-17(16)21-12-11-18(23)22-15-8-6-7-14(20)13-15/h4-10,13,21H,11-12H2,1-3H3,(H,22,23).